The Morgan fingerprint density at radius 3 is 1.68 bits per heavy atom. The number of unbranched alkanes of at least 4 members (excludes halogenated alkanes) is 15. The Kier molecular flexibility index (Phi) is 27.3. The summed E-state index contributed by atoms with van der Waals surface area (Å²) in [5, 5.41) is 9.54. The zero-order valence-corrected chi connectivity index (χ0v) is 29.1. The van der Waals surface area contributed by atoms with Gasteiger partial charge in [-0.05, 0) is 38.5 Å². The van der Waals surface area contributed by atoms with E-state index < -0.39 is 18.1 Å². The Labute approximate surface area is 269 Å². The average Bonchev–Trinajstić information content (AvgIpc) is 2.96. The van der Waals surface area contributed by atoms with Gasteiger partial charge >= 0.3 is 17.9 Å². The highest BCUT2D eigenvalue weighted by atomic mass is 16.6. The number of rotatable bonds is 31. The summed E-state index contributed by atoms with van der Waals surface area (Å²) in [5.74, 6) is -1.48. The van der Waals surface area contributed by atoms with Gasteiger partial charge in [0.2, 0.25) is 0 Å². The standard InChI is InChI=1S/C36H67NO7/c1-6-8-10-12-14-16-17-18-19-21-23-25-27-35(39)44-32(30-42-29-28-33(36(40)41)37(3,4)5)31-43-34(38)26-24-22-20-15-13-11-9-7-2/h14,16,32-33H,6-13,15,17-31H2,1-5H3/p+1/b16-14-. The van der Waals surface area contributed by atoms with E-state index >= 15 is 0 Å². The second-order valence-corrected chi connectivity index (χ2v) is 13.1. The van der Waals surface area contributed by atoms with E-state index in [0.29, 0.717) is 19.3 Å². The van der Waals surface area contributed by atoms with E-state index in [1.807, 2.05) is 21.1 Å². The lowest BCUT2D eigenvalue weighted by molar-refractivity contribution is -0.887. The van der Waals surface area contributed by atoms with Crippen molar-refractivity contribution in [3.8, 4) is 0 Å². The predicted octanol–water partition coefficient (Wildman–Crippen LogP) is 8.41. The third-order valence-electron chi connectivity index (χ3n) is 7.91. The number of carbonyl (C=O) groups excluding carboxylic acids is 2. The molecule has 8 heteroatoms. The SMILES string of the molecule is CCCCC/C=C\CCCCCCCC(=O)OC(COCCC(C(=O)O)[N+](C)(C)C)COC(=O)CCCCCCCCCC. The highest BCUT2D eigenvalue weighted by Crippen LogP contribution is 2.13. The molecule has 8 nitrogen and oxygen atoms in total. The van der Waals surface area contributed by atoms with Crippen LogP contribution in [0.3, 0.4) is 0 Å². The van der Waals surface area contributed by atoms with E-state index in [1.165, 1.54) is 64.2 Å². The number of carbonyl (C=O) groups is 3. The van der Waals surface area contributed by atoms with Crippen LogP contribution in [0.5, 0.6) is 0 Å². The molecule has 0 aliphatic heterocycles. The molecule has 0 aromatic rings. The Hall–Kier alpha value is -1.93. The molecule has 0 heterocycles. The van der Waals surface area contributed by atoms with Crippen LogP contribution < -0.4 is 0 Å². The molecule has 0 fully saturated rings. The van der Waals surface area contributed by atoms with Crippen molar-refractivity contribution in [2.24, 2.45) is 0 Å². The molecule has 0 aromatic carbocycles. The summed E-state index contributed by atoms with van der Waals surface area (Å²) in [6.45, 7) is 4.66. The molecule has 0 rings (SSSR count). The zero-order chi connectivity index (χ0) is 32.9. The fourth-order valence-electron chi connectivity index (χ4n) is 5.08. The number of aliphatic carboxylic acids is 1. The first-order valence-corrected chi connectivity index (χ1v) is 17.7. The van der Waals surface area contributed by atoms with Crippen molar-refractivity contribution in [1.82, 2.24) is 0 Å². The van der Waals surface area contributed by atoms with E-state index in [2.05, 4.69) is 26.0 Å². The molecule has 0 aliphatic carbocycles. The van der Waals surface area contributed by atoms with Gasteiger partial charge in [0.1, 0.15) is 6.61 Å². The molecular weight excluding hydrogens is 558 g/mol. The Bertz CT molecular complexity index is 747. The van der Waals surface area contributed by atoms with Gasteiger partial charge in [-0.15, -0.1) is 0 Å². The van der Waals surface area contributed by atoms with Crippen molar-refractivity contribution in [3.63, 3.8) is 0 Å². The Morgan fingerprint density at radius 1 is 0.659 bits per heavy atom. The van der Waals surface area contributed by atoms with Crippen LogP contribution >= 0.6 is 0 Å². The summed E-state index contributed by atoms with van der Waals surface area (Å²) >= 11 is 0. The van der Waals surface area contributed by atoms with Crippen molar-refractivity contribution < 1.29 is 38.2 Å². The zero-order valence-electron chi connectivity index (χ0n) is 29.1. The summed E-state index contributed by atoms with van der Waals surface area (Å²) < 4.78 is 17.1. The second kappa shape index (κ2) is 28.5. The first kappa shape index (κ1) is 42.1. The number of likely N-dealkylation sites (N-methyl/N-ethyl adjacent to an activating group) is 1. The molecule has 0 aromatic heterocycles. The molecule has 0 amide bonds. The molecule has 1 N–H and O–H groups in total. The van der Waals surface area contributed by atoms with Crippen LogP contribution in [0.25, 0.3) is 0 Å². The minimum Gasteiger partial charge on any atom is -0.477 e. The summed E-state index contributed by atoms with van der Waals surface area (Å²) in [6.07, 6.45) is 25.4. The summed E-state index contributed by atoms with van der Waals surface area (Å²) in [7, 11) is 5.51. The van der Waals surface area contributed by atoms with E-state index in [-0.39, 0.29) is 36.2 Å². The first-order chi connectivity index (χ1) is 21.1. The maximum absolute atomic E-state index is 12.6. The maximum Gasteiger partial charge on any atom is 0.362 e. The Balaban J connectivity index is 4.47. The number of carboxylic acids is 1. The number of hydrogen-bond donors (Lipinski definition) is 1. The van der Waals surface area contributed by atoms with Crippen molar-refractivity contribution >= 4 is 17.9 Å². The molecule has 0 radical (unpaired) electrons. The second-order valence-electron chi connectivity index (χ2n) is 13.1. The van der Waals surface area contributed by atoms with Crippen LogP contribution in [-0.4, -0.2) is 80.6 Å². The smallest absolute Gasteiger partial charge is 0.362 e. The van der Waals surface area contributed by atoms with E-state index in [1.54, 1.807) is 0 Å². The third-order valence-corrected chi connectivity index (χ3v) is 7.91. The van der Waals surface area contributed by atoms with Gasteiger partial charge in [-0.1, -0.05) is 103 Å². The van der Waals surface area contributed by atoms with Crippen LogP contribution in [0, 0.1) is 0 Å². The van der Waals surface area contributed by atoms with E-state index in [9.17, 15) is 19.5 Å². The number of esters is 2. The quantitative estimate of drug-likeness (QED) is 0.0357. The summed E-state index contributed by atoms with van der Waals surface area (Å²) in [6, 6.07) is -0.609. The van der Waals surface area contributed by atoms with Crippen molar-refractivity contribution in [2.45, 2.75) is 161 Å². The largest absolute Gasteiger partial charge is 0.477 e. The number of hydrogen-bond acceptors (Lipinski definition) is 6. The van der Waals surface area contributed by atoms with Gasteiger partial charge < -0.3 is 23.8 Å². The molecular formula is C36H68NO7+. The first-order valence-electron chi connectivity index (χ1n) is 17.7. The average molecular weight is 627 g/mol. The summed E-state index contributed by atoms with van der Waals surface area (Å²) in [5.41, 5.74) is 0. The third kappa shape index (κ3) is 26.5. The van der Waals surface area contributed by atoms with Gasteiger partial charge in [-0.3, -0.25) is 9.59 Å². The van der Waals surface area contributed by atoms with Gasteiger partial charge in [0.05, 0.1) is 34.4 Å². The molecule has 0 saturated heterocycles. The highest BCUT2D eigenvalue weighted by Gasteiger charge is 2.31. The predicted molar refractivity (Wildman–Crippen MR) is 179 cm³/mol. The Morgan fingerprint density at radius 2 is 1.14 bits per heavy atom. The topological polar surface area (TPSA) is 99.1 Å². The fourth-order valence-corrected chi connectivity index (χ4v) is 5.08. The molecule has 2 unspecified atom stereocenters. The molecule has 44 heavy (non-hydrogen) atoms. The van der Waals surface area contributed by atoms with Gasteiger partial charge in [0.25, 0.3) is 0 Å². The van der Waals surface area contributed by atoms with Gasteiger partial charge in [-0.2, -0.15) is 0 Å². The van der Waals surface area contributed by atoms with Gasteiger partial charge in [0, 0.05) is 19.3 Å². The monoisotopic (exact) mass is 626 g/mol. The number of nitrogens with zero attached hydrogens (tertiary/aromatic N) is 1. The number of ether oxygens (including phenoxy) is 3. The maximum atomic E-state index is 12.6. The molecule has 258 valence electrons. The van der Waals surface area contributed by atoms with Crippen LogP contribution in [0.4, 0.5) is 0 Å². The van der Waals surface area contributed by atoms with E-state index in [4.69, 9.17) is 14.2 Å². The molecule has 0 spiro atoms. The number of carboxylic acid groups (broad SMARTS) is 1. The fraction of sp³-hybridized carbons (Fsp3) is 0.861. The molecule has 0 bridgehead atoms. The van der Waals surface area contributed by atoms with Crippen molar-refractivity contribution in [1.29, 1.82) is 0 Å². The van der Waals surface area contributed by atoms with Crippen molar-refractivity contribution in [2.75, 3.05) is 41.0 Å². The lowest BCUT2D eigenvalue weighted by Gasteiger charge is -2.31. The van der Waals surface area contributed by atoms with Crippen LogP contribution in [0.1, 0.15) is 149 Å². The summed E-state index contributed by atoms with van der Waals surface area (Å²) in [4.78, 5) is 36.5. The molecule has 0 aliphatic rings. The molecule has 2 atom stereocenters. The lowest BCUT2D eigenvalue weighted by atomic mass is 10.1. The lowest BCUT2D eigenvalue weighted by Crippen LogP contribution is -2.50. The van der Waals surface area contributed by atoms with Gasteiger partial charge in [-0.25, -0.2) is 4.79 Å². The molecule has 0 saturated carbocycles. The van der Waals surface area contributed by atoms with Crippen LogP contribution in [0.2, 0.25) is 0 Å². The minimum atomic E-state index is -0.877. The number of quaternary nitrogens is 1. The minimum absolute atomic E-state index is 0.0504. The highest BCUT2D eigenvalue weighted by molar-refractivity contribution is 5.72. The van der Waals surface area contributed by atoms with Crippen LogP contribution in [-0.2, 0) is 28.6 Å². The number of allylic oxidation sites excluding steroid dienone is 2. The normalized spacial score (nSPS) is 13.2. The van der Waals surface area contributed by atoms with Gasteiger partial charge in [0.15, 0.2) is 12.1 Å². The van der Waals surface area contributed by atoms with Crippen molar-refractivity contribution in [3.05, 3.63) is 12.2 Å². The van der Waals surface area contributed by atoms with E-state index in [0.717, 1.165) is 51.4 Å². The van der Waals surface area contributed by atoms with Crippen LogP contribution in [0.15, 0.2) is 12.2 Å².